The van der Waals surface area contributed by atoms with E-state index in [-0.39, 0.29) is 5.91 Å². The highest BCUT2D eigenvalue weighted by Gasteiger charge is 2.19. The Morgan fingerprint density at radius 2 is 1.88 bits per heavy atom. The first kappa shape index (κ1) is 13.9. The highest BCUT2D eigenvalue weighted by atomic mass is 16.2. The van der Waals surface area contributed by atoms with Crippen LogP contribution < -0.4 is 11.1 Å². The quantitative estimate of drug-likeness (QED) is 0.622. The number of hydrogen-bond acceptors (Lipinski definition) is 4. The van der Waals surface area contributed by atoms with Gasteiger partial charge in [-0.3, -0.25) is 14.5 Å². The molecule has 0 spiro atoms. The predicted octanol–water partition coefficient (Wildman–Crippen LogP) is -1.39. The number of nitrogens with zero attached hydrogens (tertiary/aromatic N) is 2. The van der Waals surface area contributed by atoms with Crippen molar-refractivity contribution < 1.29 is 9.59 Å². The lowest BCUT2D eigenvalue weighted by atomic mass is 10.2. The molecule has 1 saturated heterocycles. The van der Waals surface area contributed by atoms with Crippen LogP contribution in [-0.2, 0) is 9.59 Å². The average molecular weight is 242 g/mol. The first-order valence-electron chi connectivity index (χ1n) is 6.02. The van der Waals surface area contributed by atoms with Crippen LogP contribution >= 0.6 is 0 Å². The molecular formula is C11H22N4O2. The molecule has 3 N–H and O–H groups in total. The number of likely N-dealkylation sites (N-methyl/N-ethyl adjacent to an activating group) is 1. The topological polar surface area (TPSA) is 78.7 Å². The maximum absolute atomic E-state index is 11.7. The summed E-state index contributed by atoms with van der Waals surface area (Å²) in [6, 6.07) is -0.546. The Labute approximate surface area is 102 Å². The van der Waals surface area contributed by atoms with Gasteiger partial charge in [0.25, 0.3) is 0 Å². The molecule has 6 heteroatoms. The SMILES string of the molecule is CCC(NC(=O)CN1CCN(C)CC1)C(N)=O. The van der Waals surface area contributed by atoms with Crippen LogP contribution in [0.5, 0.6) is 0 Å². The standard InChI is InChI=1S/C11H22N4O2/c1-3-9(11(12)17)13-10(16)8-15-6-4-14(2)5-7-15/h9H,3-8H2,1-2H3,(H2,12,17)(H,13,16). The summed E-state index contributed by atoms with van der Waals surface area (Å²) in [5.74, 6) is -0.598. The summed E-state index contributed by atoms with van der Waals surface area (Å²) in [5.41, 5.74) is 5.17. The van der Waals surface area contributed by atoms with Gasteiger partial charge in [-0.2, -0.15) is 0 Å². The molecule has 1 aliphatic rings. The zero-order valence-electron chi connectivity index (χ0n) is 10.6. The number of rotatable bonds is 5. The normalized spacial score (nSPS) is 19.9. The van der Waals surface area contributed by atoms with E-state index in [4.69, 9.17) is 5.73 Å². The van der Waals surface area contributed by atoms with Gasteiger partial charge in [-0.1, -0.05) is 6.92 Å². The van der Waals surface area contributed by atoms with Crippen molar-refractivity contribution in [1.29, 1.82) is 0 Å². The minimum absolute atomic E-state index is 0.125. The van der Waals surface area contributed by atoms with Gasteiger partial charge in [0.1, 0.15) is 6.04 Å². The lowest BCUT2D eigenvalue weighted by molar-refractivity contribution is -0.128. The highest BCUT2D eigenvalue weighted by molar-refractivity contribution is 5.87. The predicted molar refractivity (Wildman–Crippen MR) is 65.4 cm³/mol. The molecule has 6 nitrogen and oxygen atoms in total. The van der Waals surface area contributed by atoms with Crippen molar-refractivity contribution in [2.24, 2.45) is 5.73 Å². The second kappa shape index (κ2) is 6.56. The van der Waals surface area contributed by atoms with Gasteiger partial charge in [-0.05, 0) is 13.5 Å². The molecule has 0 radical (unpaired) electrons. The molecule has 1 rings (SSSR count). The molecule has 1 heterocycles. The van der Waals surface area contributed by atoms with E-state index in [1.807, 2.05) is 6.92 Å². The van der Waals surface area contributed by atoms with Crippen molar-refractivity contribution in [3.8, 4) is 0 Å². The van der Waals surface area contributed by atoms with Crippen LogP contribution in [0.15, 0.2) is 0 Å². The van der Waals surface area contributed by atoms with Crippen LogP contribution in [-0.4, -0.2) is 67.4 Å². The van der Waals surface area contributed by atoms with Crippen molar-refractivity contribution in [2.45, 2.75) is 19.4 Å². The minimum atomic E-state index is -0.546. The maximum Gasteiger partial charge on any atom is 0.239 e. The van der Waals surface area contributed by atoms with Gasteiger partial charge in [0.2, 0.25) is 11.8 Å². The highest BCUT2D eigenvalue weighted by Crippen LogP contribution is 1.98. The molecule has 0 bridgehead atoms. The van der Waals surface area contributed by atoms with E-state index in [9.17, 15) is 9.59 Å². The number of piperazine rings is 1. The van der Waals surface area contributed by atoms with E-state index in [0.717, 1.165) is 26.2 Å². The van der Waals surface area contributed by atoms with Gasteiger partial charge in [0.15, 0.2) is 0 Å². The lowest BCUT2D eigenvalue weighted by Gasteiger charge is -2.32. The fourth-order valence-electron chi connectivity index (χ4n) is 1.82. The van der Waals surface area contributed by atoms with Crippen LogP contribution in [0.3, 0.4) is 0 Å². The molecule has 0 aromatic rings. The lowest BCUT2D eigenvalue weighted by Crippen LogP contribution is -2.51. The molecule has 1 fully saturated rings. The van der Waals surface area contributed by atoms with Crippen molar-refractivity contribution in [3.05, 3.63) is 0 Å². The van der Waals surface area contributed by atoms with Crippen molar-refractivity contribution in [1.82, 2.24) is 15.1 Å². The molecule has 1 atom stereocenters. The van der Waals surface area contributed by atoms with E-state index in [0.29, 0.717) is 13.0 Å². The first-order chi connectivity index (χ1) is 8.02. The Balaban J connectivity index is 2.31. The van der Waals surface area contributed by atoms with Crippen LogP contribution in [0.1, 0.15) is 13.3 Å². The van der Waals surface area contributed by atoms with Gasteiger partial charge in [0, 0.05) is 26.2 Å². The monoisotopic (exact) mass is 242 g/mol. The maximum atomic E-state index is 11.7. The summed E-state index contributed by atoms with van der Waals surface area (Å²) < 4.78 is 0. The third-order valence-corrected chi connectivity index (χ3v) is 3.05. The largest absolute Gasteiger partial charge is 0.368 e. The number of carbonyl (C=O) groups is 2. The molecular weight excluding hydrogens is 220 g/mol. The summed E-state index contributed by atoms with van der Waals surface area (Å²) in [6.07, 6.45) is 0.532. The summed E-state index contributed by atoms with van der Waals surface area (Å²) in [6.45, 7) is 5.89. The fraction of sp³-hybridized carbons (Fsp3) is 0.818. The summed E-state index contributed by atoms with van der Waals surface area (Å²) in [7, 11) is 2.07. The van der Waals surface area contributed by atoms with Gasteiger partial charge in [-0.15, -0.1) is 0 Å². The van der Waals surface area contributed by atoms with Crippen molar-refractivity contribution >= 4 is 11.8 Å². The van der Waals surface area contributed by atoms with E-state index in [1.54, 1.807) is 0 Å². The van der Waals surface area contributed by atoms with Gasteiger partial charge in [0.05, 0.1) is 6.54 Å². The van der Waals surface area contributed by atoms with Crippen LogP contribution in [0.25, 0.3) is 0 Å². The van der Waals surface area contributed by atoms with E-state index in [2.05, 4.69) is 22.2 Å². The van der Waals surface area contributed by atoms with Crippen LogP contribution in [0.4, 0.5) is 0 Å². The van der Waals surface area contributed by atoms with Crippen molar-refractivity contribution in [3.63, 3.8) is 0 Å². The van der Waals surface area contributed by atoms with Crippen LogP contribution in [0.2, 0.25) is 0 Å². The molecule has 0 saturated carbocycles. The second-order valence-corrected chi connectivity index (χ2v) is 4.51. The van der Waals surface area contributed by atoms with Gasteiger partial charge in [-0.25, -0.2) is 0 Å². The third kappa shape index (κ3) is 4.70. The first-order valence-corrected chi connectivity index (χ1v) is 6.02. The number of hydrogen-bond donors (Lipinski definition) is 2. The summed E-state index contributed by atoms with van der Waals surface area (Å²) in [4.78, 5) is 27.0. The molecule has 1 unspecified atom stereocenters. The molecule has 0 aromatic heterocycles. The Hall–Kier alpha value is -1.14. The van der Waals surface area contributed by atoms with Gasteiger partial charge >= 0.3 is 0 Å². The number of primary amides is 1. The third-order valence-electron chi connectivity index (χ3n) is 3.05. The number of carbonyl (C=O) groups excluding carboxylic acids is 2. The zero-order chi connectivity index (χ0) is 12.8. The molecule has 0 aromatic carbocycles. The summed E-state index contributed by atoms with van der Waals surface area (Å²) >= 11 is 0. The Morgan fingerprint density at radius 1 is 1.29 bits per heavy atom. The van der Waals surface area contributed by atoms with Crippen LogP contribution in [0, 0.1) is 0 Å². The number of nitrogens with one attached hydrogen (secondary N) is 1. The van der Waals surface area contributed by atoms with Crippen molar-refractivity contribution in [2.75, 3.05) is 39.8 Å². The fourth-order valence-corrected chi connectivity index (χ4v) is 1.82. The van der Waals surface area contributed by atoms with E-state index in [1.165, 1.54) is 0 Å². The Kier molecular flexibility index (Phi) is 5.37. The smallest absolute Gasteiger partial charge is 0.239 e. The molecule has 0 aliphatic carbocycles. The number of nitrogens with two attached hydrogens (primary N) is 1. The molecule has 2 amide bonds. The Morgan fingerprint density at radius 3 is 2.35 bits per heavy atom. The minimum Gasteiger partial charge on any atom is -0.368 e. The van der Waals surface area contributed by atoms with Gasteiger partial charge < -0.3 is 16.0 Å². The molecule has 1 aliphatic heterocycles. The van der Waals surface area contributed by atoms with E-state index >= 15 is 0 Å². The zero-order valence-corrected chi connectivity index (χ0v) is 10.6. The Bertz CT molecular complexity index is 275. The number of amides is 2. The molecule has 17 heavy (non-hydrogen) atoms. The molecule has 98 valence electrons. The summed E-state index contributed by atoms with van der Waals surface area (Å²) in [5, 5.41) is 2.66. The average Bonchev–Trinajstić information content (AvgIpc) is 2.28. The second-order valence-electron chi connectivity index (χ2n) is 4.51. The van der Waals surface area contributed by atoms with E-state index < -0.39 is 11.9 Å².